The Morgan fingerprint density at radius 2 is 1.64 bits per heavy atom. The Labute approximate surface area is 195 Å². The van der Waals surface area contributed by atoms with E-state index in [1.807, 2.05) is 20.8 Å². The van der Waals surface area contributed by atoms with Crippen molar-refractivity contribution < 1.29 is 44.8 Å². The third-order valence-electron chi connectivity index (χ3n) is 8.02. The monoisotopic (exact) mass is 477 g/mol. The quantitative estimate of drug-likeness (QED) is 0.246. The average Bonchev–Trinajstić information content (AvgIpc) is 2.76. The van der Waals surface area contributed by atoms with Gasteiger partial charge in [0.05, 0.1) is 37.1 Å². The van der Waals surface area contributed by atoms with Crippen LogP contribution in [0.15, 0.2) is 0 Å². The molecular formula is C23H43NO9. The SMILES string of the molecule is CCC1CC(C)C(C2OC(CC)C(O)C(O)C2O)C(O)C1OC1OCC(C)(O)C(NC)C1O. The van der Waals surface area contributed by atoms with Crippen LogP contribution >= 0.6 is 0 Å². The molecule has 3 rings (SSSR count). The predicted octanol–water partition coefficient (Wildman–Crippen LogP) is -1.27. The van der Waals surface area contributed by atoms with Crippen molar-refractivity contribution in [3.63, 3.8) is 0 Å². The first-order valence-corrected chi connectivity index (χ1v) is 12.2. The highest BCUT2D eigenvalue weighted by Gasteiger charge is 2.55. The van der Waals surface area contributed by atoms with E-state index in [-0.39, 0.29) is 18.4 Å². The molecule has 10 nitrogen and oxygen atoms in total. The van der Waals surface area contributed by atoms with Crippen LogP contribution in [0.25, 0.3) is 0 Å². The topological polar surface area (TPSA) is 161 Å². The molecule has 0 spiro atoms. The maximum Gasteiger partial charge on any atom is 0.185 e. The summed E-state index contributed by atoms with van der Waals surface area (Å²) in [5.74, 6) is -0.643. The van der Waals surface area contributed by atoms with Crippen molar-refractivity contribution in [3.8, 4) is 0 Å². The van der Waals surface area contributed by atoms with E-state index in [1.165, 1.54) is 0 Å². The molecule has 2 heterocycles. The van der Waals surface area contributed by atoms with Crippen molar-refractivity contribution in [3.05, 3.63) is 0 Å². The van der Waals surface area contributed by atoms with Gasteiger partial charge in [-0.1, -0.05) is 27.2 Å². The van der Waals surface area contributed by atoms with Crippen LogP contribution in [0.5, 0.6) is 0 Å². The Kier molecular flexibility index (Phi) is 8.81. The number of aliphatic hydroxyl groups is 6. The summed E-state index contributed by atoms with van der Waals surface area (Å²) in [6.07, 6.45) is -7.62. The molecule has 1 saturated carbocycles. The van der Waals surface area contributed by atoms with E-state index in [0.29, 0.717) is 12.8 Å². The summed E-state index contributed by atoms with van der Waals surface area (Å²) in [6.45, 7) is 7.32. The Balaban J connectivity index is 1.82. The highest BCUT2D eigenvalue weighted by molar-refractivity contribution is 5.03. The average molecular weight is 478 g/mol. The van der Waals surface area contributed by atoms with Gasteiger partial charge in [0.15, 0.2) is 6.29 Å². The number of nitrogens with one attached hydrogen (secondary N) is 1. The van der Waals surface area contributed by atoms with Gasteiger partial charge >= 0.3 is 0 Å². The van der Waals surface area contributed by atoms with Gasteiger partial charge in [-0.05, 0) is 38.6 Å². The van der Waals surface area contributed by atoms with Crippen LogP contribution in [0.1, 0.15) is 47.0 Å². The number of hydrogen-bond donors (Lipinski definition) is 7. The first-order chi connectivity index (χ1) is 15.5. The minimum absolute atomic E-state index is 0.0317. The van der Waals surface area contributed by atoms with Crippen molar-refractivity contribution >= 4 is 0 Å². The van der Waals surface area contributed by atoms with Crippen LogP contribution in [0, 0.1) is 17.8 Å². The lowest BCUT2D eigenvalue weighted by molar-refractivity contribution is -0.310. The van der Waals surface area contributed by atoms with Crippen molar-refractivity contribution in [2.45, 2.75) is 114 Å². The van der Waals surface area contributed by atoms with Gasteiger partial charge in [0, 0.05) is 5.92 Å². The minimum Gasteiger partial charge on any atom is -0.390 e. The van der Waals surface area contributed by atoms with E-state index in [4.69, 9.17) is 14.2 Å². The second kappa shape index (κ2) is 10.7. The standard InChI is InChI=1S/C23H43NO9/c1-6-11-8-10(3)13(20-17(28)16(27)14(25)12(7-2)32-20)15(26)19(11)33-22-18(29)21(24-5)23(4,30)9-31-22/h10-22,24-30H,6-9H2,1-5H3. The Morgan fingerprint density at radius 3 is 2.21 bits per heavy atom. The maximum absolute atomic E-state index is 11.5. The molecule has 0 aromatic heterocycles. The third kappa shape index (κ3) is 5.11. The van der Waals surface area contributed by atoms with Gasteiger partial charge in [-0.3, -0.25) is 0 Å². The maximum atomic E-state index is 11.5. The molecule has 3 fully saturated rings. The van der Waals surface area contributed by atoms with E-state index < -0.39 is 72.7 Å². The largest absolute Gasteiger partial charge is 0.390 e. The zero-order chi connectivity index (χ0) is 24.7. The molecule has 0 radical (unpaired) electrons. The number of likely N-dealkylation sites (N-methyl/N-ethyl adjacent to an activating group) is 1. The summed E-state index contributed by atoms with van der Waals surface area (Å²) >= 11 is 0. The number of hydrogen-bond acceptors (Lipinski definition) is 10. The van der Waals surface area contributed by atoms with Gasteiger partial charge in [0.2, 0.25) is 0 Å². The normalized spacial score (nSPS) is 53.7. The number of rotatable bonds is 6. The molecular weight excluding hydrogens is 434 g/mol. The summed E-state index contributed by atoms with van der Waals surface area (Å²) in [6, 6.07) is -0.683. The lowest BCUT2D eigenvalue weighted by Gasteiger charge is -2.52. The van der Waals surface area contributed by atoms with Crippen LogP contribution < -0.4 is 5.32 Å². The summed E-state index contributed by atoms with van der Waals surface area (Å²) in [4.78, 5) is 0. The van der Waals surface area contributed by atoms with Gasteiger partial charge in [0.25, 0.3) is 0 Å². The van der Waals surface area contributed by atoms with Crippen molar-refractivity contribution in [1.29, 1.82) is 0 Å². The van der Waals surface area contributed by atoms with Gasteiger partial charge in [-0.2, -0.15) is 0 Å². The van der Waals surface area contributed by atoms with Crippen molar-refractivity contribution in [2.24, 2.45) is 17.8 Å². The van der Waals surface area contributed by atoms with E-state index in [1.54, 1.807) is 14.0 Å². The lowest BCUT2D eigenvalue weighted by Crippen LogP contribution is -2.67. The van der Waals surface area contributed by atoms with Crippen LogP contribution in [0.3, 0.4) is 0 Å². The second-order valence-electron chi connectivity index (χ2n) is 10.4. The predicted molar refractivity (Wildman–Crippen MR) is 118 cm³/mol. The second-order valence-corrected chi connectivity index (χ2v) is 10.4. The Morgan fingerprint density at radius 1 is 0.970 bits per heavy atom. The molecule has 0 aromatic carbocycles. The molecule has 10 heteroatoms. The highest BCUT2D eigenvalue weighted by atomic mass is 16.7. The molecule has 14 unspecified atom stereocenters. The summed E-state index contributed by atoms with van der Waals surface area (Å²) < 4.78 is 17.8. The van der Waals surface area contributed by atoms with Crippen LogP contribution in [0.2, 0.25) is 0 Å². The molecule has 14 atom stereocenters. The van der Waals surface area contributed by atoms with Crippen LogP contribution in [-0.2, 0) is 14.2 Å². The third-order valence-corrected chi connectivity index (χ3v) is 8.02. The Hall–Kier alpha value is -0.400. The van der Waals surface area contributed by atoms with E-state index in [2.05, 4.69) is 5.32 Å². The summed E-state index contributed by atoms with van der Waals surface area (Å²) in [7, 11) is 1.64. The molecule has 0 amide bonds. The molecule has 2 saturated heterocycles. The molecule has 0 aromatic rings. The molecule has 3 aliphatic rings. The number of aliphatic hydroxyl groups excluding tert-OH is 5. The van der Waals surface area contributed by atoms with E-state index in [0.717, 1.165) is 6.42 Å². The minimum atomic E-state index is -1.38. The zero-order valence-corrected chi connectivity index (χ0v) is 20.2. The van der Waals surface area contributed by atoms with Crippen LogP contribution in [0.4, 0.5) is 0 Å². The zero-order valence-electron chi connectivity index (χ0n) is 20.2. The molecule has 1 aliphatic carbocycles. The first-order valence-electron chi connectivity index (χ1n) is 12.2. The smallest absolute Gasteiger partial charge is 0.185 e. The van der Waals surface area contributed by atoms with Gasteiger partial charge < -0.3 is 50.2 Å². The van der Waals surface area contributed by atoms with Crippen molar-refractivity contribution in [2.75, 3.05) is 13.7 Å². The molecule has 0 bridgehead atoms. The molecule has 33 heavy (non-hydrogen) atoms. The van der Waals surface area contributed by atoms with E-state index in [9.17, 15) is 30.6 Å². The van der Waals surface area contributed by atoms with Crippen LogP contribution in [-0.4, -0.2) is 111 Å². The fraction of sp³-hybridized carbons (Fsp3) is 1.00. The first kappa shape index (κ1) is 27.2. The van der Waals surface area contributed by atoms with Crippen molar-refractivity contribution in [1.82, 2.24) is 5.32 Å². The Bertz CT molecular complexity index is 635. The molecule has 2 aliphatic heterocycles. The fourth-order valence-corrected chi connectivity index (χ4v) is 6.07. The van der Waals surface area contributed by atoms with E-state index >= 15 is 0 Å². The van der Waals surface area contributed by atoms with Gasteiger partial charge in [-0.15, -0.1) is 0 Å². The highest BCUT2D eigenvalue weighted by Crippen LogP contribution is 2.43. The van der Waals surface area contributed by atoms with Gasteiger partial charge in [0.1, 0.15) is 30.0 Å². The van der Waals surface area contributed by atoms with Gasteiger partial charge in [-0.25, -0.2) is 0 Å². The summed E-state index contributed by atoms with van der Waals surface area (Å²) in [5, 5.41) is 67.0. The molecule has 7 N–H and O–H groups in total. The lowest BCUT2D eigenvalue weighted by atomic mass is 9.66. The number of ether oxygens (including phenoxy) is 3. The summed E-state index contributed by atoms with van der Waals surface area (Å²) in [5.41, 5.74) is -1.29. The molecule has 194 valence electrons. The fourth-order valence-electron chi connectivity index (χ4n) is 6.07.